The summed E-state index contributed by atoms with van der Waals surface area (Å²) in [5.74, 6) is 0. The number of hydrogen-bond acceptors (Lipinski definition) is 3. The van der Waals surface area contributed by atoms with Gasteiger partial charge in [-0.25, -0.2) is 0 Å². The molecule has 3 aliphatic carbocycles. The van der Waals surface area contributed by atoms with Gasteiger partial charge in [0.05, 0.1) is 19.4 Å². The van der Waals surface area contributed by atoms with Gasteiger partial charge in [0.2, 0.25) is 0 Å². The summed E-state index contributed by atoms with van der Waals surface area (Å²) in [5.41, 5.74) is 24.5. The van der Waals surface area contributed by atoms with Gasteiger partial charge >= 0.3 is 0 Å². The third-order valence-corrected chi connectivity index (χ3v) is 23.0. The van der Waals surface area contributed by atoms with Crippen molar-refractivity contribution < 1.29 is 0 Å². The minimum Gasteiger partial charge on any atom is -0.311 e. The third kappa shape index (κ3) is 7.49. The fraction of sp³-hybridized carbons (Fsp3) is 0.449. The Morgan fingerprint density at radius 1 is 0.486 bits per heavy atom. The number of fused-ring (bicyclic) bond motifs is 9. The Kier molecular flexibility index (Phi) is 10.7. The second kappa shape index (κ2) is 15.9. The highest BCUT2D eigenvalue weighted by Crippen LogP contribution is 2.56. The van der Waals surface area contributed by atoms with Crippen LogP contribution in [0.4, 0.5) is 34.1 Å². The zero-order valence-corrected chi connectivity index (χ0v) is 50.3. The molecule has 74 heavy (non-hydrogen) atoms. The minimum atomic E-state index is -1.97. The van der Waals surface area contributed by atoms with Gasteiger partial charge in [0.1, 0.15) is 0 Å². The van der Waals surface area contributed by atoms with E-state index in [0.717, 1.165) is 0 Å². The Labute approximate surface area is 451 Å². The van der Waals surface area contributed by atoms with Crippen molar-refractivity contribution >= 4 is 91.2 Å². The van der Waals surface area contributed by atoms with E-state index in [2.05, 4.69) is 248 Å². The molecule has 3 heterocycles. The molecule has 0 spiro atoms. The van der Waals surface area contributed by atoms with Crippen molar-refractivity contribution in [3.63, 3.8) is 0 Å². The molecular weight excluding hydrogens is 928 g/mol. The molecular formula is C69H83BN2SSi. The second-order valence-corrected chi connectivity index (χ2v) is 36.0. The number of benzene rings is 6. The van der Waals surface area contributed by atoms with E-state index >= 15 is 0 Å². The van der Waals surface area contributed by atoms with Gasteiger partial charge in [0.15, 0.2) is 0 Å². The topological polar surface area (TPSA) is 6.48 Å². The van der Waals surface area contributed by atoms with Crippen LogP contribution in [-0.2, 0) is 37.9 Å². The van der Waals surface area contributed by atoms with E-state index in [4.69, 9.17) is 0 Å². The normalized spacial score (nSPS) is 20.3. The van der Waals surface area contributed by atoms with Crippen molar-refractivity contribution in [3.05, 3.63) is 142 Å². The average molecular weight is 1010 g/mol. The Bertz CT molecular complexity index is 3490. The summed E-state index contributed by atoms with van der Waals surface area (Å²) in [7, 11) is -1.97. The van der Waals surface area contributed by atoms with Crippen LogP contribution in [0, 0.1) is 0 Å². The van der Waals surface area contributed by atoms with E-state index < -0.39 is 8.07 Å². The molecule has 0 radical (unpaired) electrons. The molecule has 0 unspecified atom stereocenters. The van der Waals surface area contributed by atoms with Crippen LogP contribution in [0.1, 0.15) is 181 Å². The van der Waals surface area contributed by atoms with Crippen molar-refractivity contribution in [2.75, 3.05) is 9.80 Å². The molecule has 2 nitrogen and oxygen atoms in total. The Morgan fingerprint density at radius 3 is 1.57 bits per heavy atom. The van der Waals surface area contributed by atoms with E-state index in [1.54, 1.807) is 0 Å². The molecule has 5 aliphatic rings. The van der Waals surface area contributed by atoms with Crippen LogP contribution < -0.4 is 30.7 Å². The molecule has 2 aliphatic heterocycles. The van der Waals surface area contributed by atoms with E-state index in [-0.39, 0.29) is 44.6 Å². The molecule has 12 rings (SSSR count). The van der Waals surface area contributed by atoms with Crippen LogP contribution in [0.15, 0.2) is 103 Å². The third-order valence-electron chi connectivity index (χ3n) is 19.8. The predicted octanol–water partition coefficient (Wildman–Crippen LogP) is 17.5. The Morgan fingerprint density at radius 2 is 1.00 bits per heavy atom. The van der Waals surface area contributed by atoms with Gasteiger partial charge in [-0.3, -0.25) is 0 Å². The number of anilines is 6. The molecule has 5 heteroatoms. The first-order valence-corrected chi connectivity index (χ1v) is 32.7. The summed E-state index contributed by atoms with van der Waals surface area (Å²) in [5, 5.41) is 2.90. The Balaban J connectivity index is 1.27. The number of thiophene rings is 1. The molecule has 0 fully saturated rings. The fourth-order valence-corrected chi connectivity index (χ4v) is 16.8. The van der Waals surface area contributed by atoms with E-state index in [9.17, 15) is 0 Å². The molecule has 0 saturated carbocycles. The lowest BCUT2D eigenvalue weighted by molar-refractivity contribution is 0.332. The van der Waals surface area contributed by atoms with E-state index in [1.807, 2.05) is 0 Å². The molecule has 0 amide bonds. The molecule has 382 valence electrons. The SMILES string of the molecule is CC(C)(C)c1ccc(N2c3cc([Si](C)(C)C)cc4c3B(c3cc5c(cc3N4c3ccc4c(c3)C(C)(C)CCC4(C)C)C(C)(C)CCC5(C)C)c3sc4cc5c(cc4c32)C(C)(C)CCC5(C)C)c(-c2ccccc2)c1. The lowest BCUT2D eigenvalue weighted by atomic mass is 9.35. The first-order valence-electron chi connectivity index (χ1n) is 28.3. The van der Waals surface area contributed by atoms with Crippen molar-refractivity contribution in [3.8, 4) is 11.1 Å². The molecule has 1 aromatic heterocycles. The van der Waals surface area contributed by atoms with Crippen molar-refractivity contribution in [1.82, 2.24) is 0 Å². The number of hydrogen-bond donors (Lipinski definition) is 0. The van der Waals surface area contributed by atoms with Gasteiger partial charge < -0.3 is 9.80 Å². The summed E-state index contributed by atoms with van der Waals surface area (Å²) in [4.78, 5) is 5.59. The Hall–Kier alpha value is -4.84. The zero-order chi connectivity index (χ0) is 52.8. The summed E-state index contributed by atoms with van der Waals surface area (Å²) >= 11 is 2.09. The highest BCUT2D eigenvalue weighted by Gasteiger charge is 2.50. The highest BCUT2D eigenvalue weighted by molar-refractivity contribution is 7.33. The van der Waals surface area contributed by atoms with E-state index in [0.29, 0.717) is 0 Å². The van der Waals surface area contributed by atoms with Crippen LogP contribution in [0.3, 0.4) is 0 Å². The molecule has 0 bridgehead atoms. The van der Waals surface area contributed by atoms with Crippen LogP contribution >= 0.6 is 11.3 Å². The van der Waals surface area contributed by atoms with Crippen molar-refractivity contribution in [2.45, 2.75) is 200 Å². The van der Waals surface area contributed by atoms with Gasteiger partial charge in [-0.05, 0) is 186 Å². The molecule has 0 N–H and O–H groups in total. The maximum Gasteiger partial charge on any atom is 0.264 e. The molecule has 7 aromatic rings. The van der Waals surface area contributed by atoms with Crippen LogP contribution in [0.2, 0.25) is 19.6 Å². The summed E-state index contributed by atoms with van der Waals surface area (Å²) in [6.45, 7) is 44.8. The minimum absolute atomic E-state index is 0.0198. The number of nitrogens with zero attached hydrogens (tertiary/aromatic N) is 2. The smallest absolute Gasteiger partial charge is 0.264 e. The number of rotatable bonds is 4. The van der Waals surface area contributed by atoms with Gasteiger partial charge in [-0.15, -0.1) is 11.3 Å². The maximum absolute atomic E-state index is 2.81. The summed E-state index contributed by atoms with van der Waals surface area (Å²) in [6, 6.07) is 42.6. The zero-order valence-electron chi connectivity index (χ0n) is 48.4. The average Bonchev–Trinajstić information content (AvgIpc) is 3.76. The predicted molar refractivity (Wildman–Crippen MR) is 329 cm³/mol. The summed E-state index contributed by atoms with van der Waals surface area (Å²) < 4.78 is 2.90. The molecule has 0 saturated heterocycles. The van der Waals surface area contributed by atoms with Gasteiger partial charge in [-0.2, -0.15) is 0 Å². The first-order chi connectivity index (χ1) is 34.4. The van der Waals surface area contributed by atoms with Gasteiger partial charge in [-0.1, -0.05) is 177 Å². The maximum atomic E-state index is 2.81. The standard InChI is InChI=1S/C69H83BN2SSi/c1-63(2,3)43-24-27-55(46(34-43)42-22-20-19-21-23-42)72-58-37-45(74(16,17)18)36-57-60(58)70(62-61(72)47-38-50-53(41-59(47)73-62)69(14,15)33-30-66(50,8)9)54-39-51-52(68(12,13)32-31-67(51,10)11)40-56(54)71(57)44-25-26-48-49(35-44)65(6,7)29-28-64(48,4)5/h19-27,34-41H,28-33H2,1-18H3. The quantitative estimate of drug-likeness (QED) is 0.162. The lowest BCUT2D eigenvalue weighted by Gasteiger charge is -2.48. The van der Waals surface area contributed by atoms with Gasteiger partial charge in [0, 0.05) is 43.2 Å². The van der Waals surface area contributed by atoms with Gasteiger partial charge in [0.25, 0.3) is 6.71 Å². The first kappa shape index (κ1) is 50.0. The van der Waals surface area contributed by atoms with E-state index in [1.165, 1.54) is 154 Å². The van der Waals surface area contributed by atoms with Crippen LogP contribution in [0.5, 0.6) is 0 Å². The van der Waals surface area contributed by atoms with Crippen LogP contribution in [-0.4, -0.2) is 14.8 Å². The molecule has 6 aromatic carbocycles. The largest absolute Gasteiger partial charge is 0.311 e. The van der Waals surface area contributed by atoms with Crippen molar-refractivity contribution in [2.24, 2.45) is 0 Å². The van der Waals surface area contributed by atoms with Crippen LogP contribution in [0.25, 0.3) is 21.2 Å². The lowest BCUT2D eigenvalue weighted by Crippen LogP contribution is -2.61. The fourth-order valence-electron chi connectivity index (χ4n) is 14.3. The monoisotopic (exact) mass is 1010 g/mol. The molecule has 0 atom stereocenters. The van der Waals surface area contributed by atoms with Crippen molar-refractivity contribution in [1.29, 1.82) is 0 Å². The highest BCUT2D eigenvalue weighted by atomic mass is 32.1. The summed E-state index contributed by atoms with van der Waals surface area (Å²) in [6.07, 6.45) is 7.14. The second-order valence-electron chi connectivity index (χ2n) is 29.8.